The van der Waals surface area contributed by atoms with Gasteiger partial charge in [-0.25, -0.2) is 0 Å². The van der Waals surface area contributed by atoms with Crippen molar-refractivity contribution < 1.29 is 4.74 Å². The number of methoxy groups -OCH3 is 1. The molecule has 6 nitrogen and oxygen atoms in total. The minimum Gasteiger partial charge on any atom is -0.497 e. The molecule has 3 fully saturated rings. The zero-order valence-electron chi connectivity index (χ0n) is 20.9. The smallest absolute Gasteiger partial charge is 0.118 e. The van der Waals surface area contributed by atoms with E-state index in [0.29, 0.717) is 12.0 Å². The van der Waals surface area contributed by atoms with Crippen LogP contribution in [0.2, 0.25) is 0 Å². The summed E-state index contributed by atoms with van der Waals surface area (Å²) in [6.07, 6.45) is 2.55. The van der Waals surface area contributed by atoms with E-state index in [1.165, 1.54) is 36.3 Å². The molecule has 3 aliphatic heterocycles. The molecule has 3 aliphatic rings. The van der Waals surface area contributed by atoms with Crippen LogP contribution in [-0.2, 0) is 13.6 Å². The predicted molar refractivity (Wildman–Crippen MR) is 138 cm³/mol. The van der Waals surface area contributed by atoms with Gasteiger partial charge in [0.05, 0.1) is 12.8 Å². The molecule has 180 valence electrons. The lowest BCUT2D eigenvalue weighted by Gasteiger charge is -2.50. The van der Waals surface area contributed by atoms with Gasteiger partial charge in [-0.1, -0.05) is 12.1 Å². The number of aromatic nitrogens is 2. The third-order valence-corrected chi connectivity index (χ3v) is 7.72. The van der Waals surface area contributed by atoms with E-state index < -0.39 is 0 Å². The molecule has 1 N–H and O–H groups in total. The summed E-state index contributed by atoms with van der Waals surface area (Å²) in [6.45, 7) is 4.34. The minimum atomic E-state index is 0.563. The zero-order valence-corrected chi connectivity index (χ0v) is 20.9. The van der Waals surface area contributed by atoms with Crippen molar-refractivity contribution in [3.63, 3.8) is 0 Å². The van der Waals surface area contributed by atoms with E-state index in [1.807, 2.05) is 12.1 Å². The van der Waals surface area contributed by atoms with Crippen LogP contribution in [0.25, 0.3) is 11.3 Å². The number of fused-ring (bicyclic) bond motifs is 3. The number of nitrogens with one attached hydrogen (secondary N) is 1. The molecule has 3 saturated heterocycles. The van der Waals surface area contributed by atoms with Crippen LogP contribution in [0.3, 0.4) is 0 Å². The predicted octanol–water partition coefficient (Wildman–Crippen LogP) is 4.13. The van der Waals surface area contributed by atoms with Gasteiger partial charge in [-0.15, -0.1) is 0 Å². The topological polar surface area (TPSA) is 45.6 Å². The molecule has 0 spiro atoms. The summed E-state index contributed by atoms with van der Waals surface area (Å²) >= 11 is 0. The van der Waals surface area contributed by atoms with E-state index in [-0.39, 0.29) is 0 Å². The second kappa shape index (κ2) is 9.80. The van der Waals surface area contributed by atoms with E-state index >= 15 is 0 Å². The number of ether oxygens (including phenoxy) is 1. The molecule has 2 bridgehead atoms. The SMILES string of the molecule is COc1ccc(-c2cc([C@@H]3CN4CC[C@H]3C[C@@H]4CNCc3ccc(N(C)C)cc3)n(C)n2)cc1. The number of rotatable bonds is 8. The molecule has 3 aromatic rings. The van der Waals surface area contributed by atoms with Gasteiger partial charge in [-0.3, -0.25) is 9.58 Å². The second-order valence-electron chi connectivity index (χ2n) is 10.0. The number of piperidine rings is 3. The Balaban J connectivity index is 1.19. The van der Waals surface area contributed by atoms with E-state index in [9.17, 15) is 0 Å². The molecule has 1 aromatic heterocycles. The average Bonchev–Trinajstić information content (AvgIpc) is 3.26. The third-order valence-electron chi connectivity index (χ3n) is 7.72. The normalized spacial score (nSPS) is 23.8. The van der Waals surface area contributed by atoms with E-state index in [4.69, 9.17) is 9.84 Å². The minimum absolute atomic E-state index is 0.563. The van der Waals surface area contributed by atoms with Gasteiger partial charge in [-0.2, -0.15) is 5.10 Å². The van der Waals surface area contributed by atoms with Crippen LogP contribution >= 0.6 is 0 Å². The first-order valence-electron chi connectivity index (χ1n) is 12.4. The largest absolute Gasteiger partial charge is 0.497 e. The van der Waals surface area contributed by atoms with E-state index in [0.717, 1.165) is 42.6 Å². The maximum Gasteiger partial charge on any atom is 0.118 e. The molecule has 0 saturated carbocycles. The fraction of sp³-hybridized carbons (Fsp3) is 0.464. The molecule has 0 aliphatic carbocycles. The molecular formula is C28H37N5O. The van der Waals surface area contributed by atoms with Crippen molar-refractivity contribution in [2.45, 2.75) is 31.3 Å². The average molecular weight is 460 g/mol. The summed E-state index contributed by atoms with van der Waals surface area (Å²) in [6, 6.07) is 20.0. The van der Waals surface area contributed by atoms with Gasteiger partial charge >= 0.3 is 0 Å². The van der Waals surface area contributed by atoms with Gasteiger partial charge in [0, 0.05) is 69.7 Å². The number of nitrogens with zero attached hydrogens (tertiary/aromatic N) is 4. The van der Waals surface area contributed by atoms with Gasteiger partial charge in [-0.05, 0) is 73.3 Å². The van der Waals surface area contributed by atoms with Crippen molar-refractivity contribution in [2.75, 3.05) is 45.7 Å². The Hall–Kier alpha value is -2.83. The lowest BCUT2D eigenvalue weighted by molar-refractivity contribution is 0.0282. The fourth-order valence-electron chi connectivity index (χ4n) is 5.71. The molecular weight excluding hydrogens is 422 g/mol. The summed E-state index contributed by atoms with van der Waals surface area (Å²) in [4.78, 5) is 4.84. The standard InChI is InChI=1S/C28H37N5O/c1-31(2)23-9-5-20(6-10-23)17-29-18-24-15-22-13-14-33(24)19-26(22)28-16-27(30-32(28)3)21-7-11-25(34-4)12-8-21/h5-12,16,22,24,26,29H,13-15,17-19H2,1-4H3/t22-,24+,26+/m0/s1. The highest BCUT2D eigenvalue weighted by atomic mass is 16.5. The molecule has 1 unspecified atom stereocenters. The number of hydrogen-bond acceptors (Lipinski definition) is 5. The highest BCUT2D eigenvalue weighted by Gasteiger charge is 2.41. The van der Waals surface area contributed by atoms with E-state index in [2.05, 4.69) is 83.4 Å². The Morgan fingerprint density at radius 2 is 1.85 bits per heavy atom. The maximum atomic E-state index is 5.30. The Morgan fingerprint density at radius 1 is 1.09 bits per heavy atom. The quantitative estimate of drug-likeness (QED) is 0.549. The third kappa shape index (κ3) is 4.70. The molecule has 2 aromatic carbocycles. The summed E-state index contributed by atoms with van der Waals surface area (Å²) in [5, 5.41) is 8.58. The van der Waals surface area contributed by atoms with Gasteiger partial charge < -0.3 is 15.0 Å². The summed E-state index contributed by atoms with van der Waals surface area (Å²) < 4.78 is 7.41. The van der Waals surface area contributed by atoms with Crippen LogP contribution in [0.15, 0.2) is 54.6 Å². The number of aryl methyl sites for hydroxylation is 1. The molecule has 6 rings (SSSR count). The summed E-state index contributed by atoms with van der Waals surface area (Å²) in [7, 11) is 7.96. The van der Waals surface area contributed by atoms with Crippen molar-refractivity contribution in [3.8, 4) is 17.0 Å². The first-order valence-corrected chi connectivity index (χ1v) is 12.4. The van der Waals surface area contributed by atoms with Crippen molar-refractivity contribution in [3.05, 3.63) is 65.9 Å². The zero-order chi connectivity index (χ0) is 23.7. The Kier molecular flexibility index (Phi) is 6.61. The Labute approximate surface area is 203 Å². The molecule has 6 heteroatoms. The van der Waals surface area contributed by atoms with Gasteiger partial charge in [0.15, 0.2) is 0 Å². The van der Waals surface area contributed by atoms with Gasteiger partial charge in [0.2, 0.25) is 0 Å². The second-order valence-corrected chi connectivity index (χ2v) is 10.0. The summed E-state index contributed by atoms with van der Waals surface area (Å²) in [5.41, 5.74) is 6.16. The van der Waals surface area contributed by atoms with Gasteiger partial charge in [0.1, 0.15) is 5.75 Å². The Morgan fingerprint density at radius 3 is 2.50 bits per heavy atom. The monoisotopic (exact) mass is 459 g/mol. The van der Waals surface area contributed by atoms with Crippen molar-refractivity contribution in [1.82, 2.24) is 20.0 Å². The highest BCUT2D eigenvalue weighted by molar-refractivity contribution is 5.60. The maximum absolute atomic E-state index is 5.30. The first kappa shape index (κ1) is 22.9. The lowest BCUT2D eigenvalue weighted by atomic mass is 9.74. The van der Waals surface area contributed by atoms with Crippen LogP contribution in [0.1, 0.15) is 30.0 Å². The van der Waals surface area contributed by atoms with Crippen LogP contribution in [0.4, 0.5) is 5.69 Å². The summed E-state index contributed by atoms with van der Waals surface area (Å²) in [5.74, 6) is 2.17. The van der Waals surface area contributed by atoms with Crippen molar-refractivity contribution >= 4 is 5.69 Å². The van der Waals surface area contributed by atoms with Crippen LogP contribution in [0, 0.1) is 5.92 Å². The molecule has 4 atom stereocenters. The first-order chi connectivity index (χ1) is 16.5. The molecule has 0 amide bonds. The fourth-order valence-corrected chi connectivity index (χ4v) is 5.71. The van der Waals surface area contributed by atoms with E-state index in [1.54, 1.807) is 7.11 Å². The lowest BCUT2D eigenvalue weighted by Crippen LogP contribution is -2.55. The van der Waals surface area contributed by atoms with Crippen molar-refractivity contribution in [1.29, 1.82) is 0 Å². The van der Waals surface area contributed by atoms with Crippen LogP contribution in [-0.4, -0.2) is 61.6 Å². The van der Waals surface area contributed by atoms with Crippen molar-refractivity contribution in [2.24, 2.45) is 13.0 Å². The van der Waals surface area contributed by atoms with Crippen LogP contribution < -0.4 is 15.0 Å². The number of hydrogen-bond donors (Lipinski definition) is 1. The number of benzene rings is 2. The Bertz CT molecular complexity index is 1090. The van der Waals surface area contributed by atoms with Gasteiger partial charge in [0.25, 0.3) is 0 Å². The number of anilines is 1. The molecule has 4 heterocycles. The molecule has 0 radical (unpaired) electrons. The van der Waals surface area contributed by atoms with Crippen LogP contribution in [0.5, 0.6) is 5.75 Å². The molecule has 34 heavy (non-hydrogen) atoms. The highest BCUT2D eigenvalue weighted by Crippen LogP contribution is 2.42.